The molecule has 4 rings (SSSR count). The first-order valence-corrected chi connectivity index (χ1v) is 10.1. The average Bonchev–Trinajstić information content (AvgIpc) is 3.43. The van der Waals surface area contributed by atoms with Gasteiger partial charge in [-0.3, -0.25) is 14.7 Å². The van der Waals surface area contributed by atoms with Gasteiger partial charge in [-0.15, -0.1) is 0 Å². The molecule has 1 aromatic carbocycles. The van der Waals surface area contributed by atoms with Crippen LogP contribution in [0.3, 0.4) is 0 Å². The van der Waals surface area contributed by atoms with Gasteiger partial charge in [0.2, 0.25) is 5.91 Å². The highest BCUT2D eigenvalue weighted by atomic mass is 32.1. The van der Waals surface area contributed by atoms with Gasteiger partial charge in [0.15, 0.2) is 5.82 Å². The minimum Gasteiger partial charge on any atom is -0.347 e. The third-order valence-corrected chi connectivity index (χ3v) is 5.57. The highest BCUT2D eigenvalue weighted by Gasteiger charge is 2.39. The van der Waals surface area contributed by atoms with Gasteiger partial charge >= 0.3 is 0 Å². The SMILES string of the molecule is Cc1nc([C@@H]2C[C@H](NC(=O)c3ccccc3)CN2C(=O)Cc2ccsc2)n[nH]1. The van der Waals surface area contributed by atoms with Crippen molar-refractivity contribution >= 4 is 23.2 Å². The summed E-state index contributed by atoms with van der Waals surface area (Å²) in [6.45, 7) is 2.28. The van der Waals surface area contributed by atoms with Gasteiger partial charge < -0.3 is 10.2 Å². The van der Waals surface area contributed by atoms with Crippen molar-refractivity contribution in [2.24, 2.45) is 0 Å². The van der Waals surface area contributed by atoms with Gasteiger partial charge in [0.05, 0.1) is 12.5 Å². The molecule has 3 aromatic rings. The van der Waals surface area contributed by atoms with Crippen LogP contribution in [0.2, 0.25) is 0 Å². The third-order valence-electron chi connectivity index (χ3n) is 4.84. The zero-order chi connectivity index (χ0) is 19.5. The Morgan fingerprint density at radius 3 is 2.79 bits per heavy atom. The molecule has 2 N–H and O–H groups in total. The summed E-state index contributed by atoms with van der Waals surface area (Å²) < 4.78 is 0. The number of aromatic nitrogens is 3. The number of likely N-dealkylation sites (tertiary alicyclic amines) is 1. The van der Waals surface area contributed by atoms with Crippen LogP contribution in [-0.4, -0.2) is 44.5 Å². The van der Waals surface area contributed by atoms with Gasteiger partial charge in [-0.1, -0.05) is 18.2 Å². The fourth-order valence-corrected chi connectivity index (χ4v) is 4.17. The maximum atomic E-state index is 13.0. The number of H-pyrrole nitrogens is 1. The van der Waals surface area contributed by atoms with Crippen molar-refractivity contribution in [2.45, 2.75) is 31.8 Å². The van der Waals surface area contributed by atoms with Crippen LogP contribution >= 0.6 is 11.3 Å². The number of aryl methyl sites for hydroxylation is 1. The maximum absolute atomic E-state index is 13.0. The predicted molar refractivity (Wildman–Crippen MR) is 106 cm³/mol. The Morgan fingerprint density at radius 2 is 2.11 bits per heavy atom. The number of hydrogen-bond donors (Lipinski definition) is 2. The van der Waals surface area contributed by atoms with E-state index in [1.165, 1.54) is 0 Å². The first kappa shape index (κ1) is 18.4. The van der Waals surface area contributed by atoms with Gasteiger partial charge in [-0.2, -0.15) is 16.4 Å². The smallest absolute Gasteiger partial charge is 0.251 e. The Labute approximate surface area is 166 Å². The number of nitrogens with zero attached hydrogens (tertiary/aromatic N) is 3. The molecule has 0 aliphatic carbocycles. The highest BCUT2D eigenvalue weighted by molar-refractivity contribution is 7.08. The minimum atomic E-state index is -0.253. The zero-order valence-corrected chi connectivity index (χ0v) is 16.3. The molecule has 2 aromatic heterocycles. The lowest BCUT2D eigenvalue weighted by Gasteiger charge is -2.22. The van der Waals surface area contributed by atoms with Crippen molar-refractivity contribution < 1.29 is 9.59 Å². The molecule has 0 saturated carbocycles. The molecule has 1 saturated heterocycles. The molecule has 8 heteroatoms. The molecule has 0 radical (unpaired) electrons. The van der Waals surface area contributed by atoms with Gasteiger partial charge in [-0.25, -0.2) is 4.98 Å². The van der Waals surface area contributed by atoms with Gasteiger partial charge in [0.1, 0.15) is 5.82 Å². The van der Waals surface area contributed by atoms with Crippen molar-refractivity contribution in [1.82, 2.24) is 25.4 Å². The topological polar surface area (TPSA) is 91.0 Å². The predicted octanol–water partition coefficient (Wildman–Crippen LogP) is 2.49. The molecule has 3 heterocycles. The fourth-order valence-electron chi connectivity index (χ4n) is 3.50. The second kappa shape index (κ2) is 7.93. The quantitative estimate of drug-likeness (QED) is 0.694. The van der Waals surface area contributed by atoms with E-state index < -0.39 is 0 Å². The van der Waals surface area contributed by atoms with Crippen molar-refractivity contribution in [3.05, 3.63) is 69.9 Å². The summed E-state index contributed by atoms with van der Waals surface area (Å²) >= 11 is 1.57. The average molecular weight is 395 g/mol. The molecular formula is C20H21N5O2S. The first-order chi connectivity index (χ1) is 13.6. The molecule has 1 aliphatic rings. The van der Waals surface area contributed by atoms with E-state index in [-0.39, 0.29) is 23.9 Å². The number of carbonyl (C=O) groups excluding carboxylic acids is 2. The van der Waals surface area contributed by atoms with E-state index in [2.05, 4.69) is 20.5 Å². The molecule has 2 atom stereocenters. The number of thiophene rings is 1. The van der Waals surface area contributed by atoms with E-state index in [1.54, 1.807) is 28.4 Å². The number of amides is 2. The summed E-state index contributed by atoms with van der Waals surface area (Å²) in [5, 5.41) is 14.1. The van der Waals surface area contributed by atoms with Crippen LogP contribution in [0.25, 0.3) is 0 Å². The lowest BCUT2D eigenvalue weighted by Crippen LogP contribution is -2.39. The second-order valence-electron chi connectivity index (χ2n) is 6.92. The molecule has 0 spiro atoms. The fraction of sp³-hybridized carbons (Fsp3) is 0.300. The monoisotopic (exact) mass is 395 g/mol. The van der Waals surface area contributed by atoms with Crippen molar-refractivity contribution in [1.29, 1.82) is 0 Å². The van der Waals surface area contributed by atoms with E-state index in [0.717, 1.165) is 5.56 Å². The normalized spacial score (nSPS) is 19.0. The summed E-state index contributed by atoms with van der Waals surface area (Å²) in [5.41, 5.74) is 1.60. The van der Waals surface area contributed by atoms with Crippen LogP contribution in [0.15, 0.2) is 47.2 Å². The number of aromatic amines is 1. The zero-order valence-electron chi connectivity index (χ0n) is 15.5. The van der Waals surface area contributed by atoms with Crippen molar-refractivity contribution in [3.8, 4) is 0 Å². The third kappa shape index (κ3) is 3.96. The van der Waals surface area contributed by atoms with Crippen LogP contribution in [-0.2, 0) is 11.2 Å². The summed E-state index contributed by atoms with van der Waals surface area (Å²) in [6.07, 6.45) is 0.925. The number of nitrogens with one attached hydrogen (secondary N) is 2. The summed E-state index contributed by atoms with van der Waals surface area (Å²) in [6, 6.07) is 10.6. The standard InChI is InChI=1S/C20H21N5O2S/c1-13-21-19(24-23-13)17-10-16(22-20(27)15-5-3-2-4-6-15)11-25(17)18(26)9-14-7-8-28-12-14/h2-8,12,16-17H,9-11H2,1H3,(H,22,27)(H,21,23,24)/t16-,17-/m0/s1. The lowest BCUT2D eigenvalue weighted by molar-refractivity contribution is -0.131. The molecule has 0 bridgehead atoms. The van der Waals surface area contributed by atoms with Crippen LogP contribution in [0.4, 0.5) is 0 Å². The Hall–Kier alpha value is -3.00. The maximum Gasteiger partial charge on any atom is 0.251 e. The van der Waals surface area contributed by atoms with E-state index in [9.17, 15) is 9.59 Å². The summed E-state index contributed by atoms with van der Waals surface area (Å²) in [4.78, 5) is 31.7. The van der Waals surface area contributed by atoms with Crippen LogP contribution < -0.4 is 5.32 Å². The molecule has 0 unspecified atom stereocenters. The Kier molecular flexibility index (Phi) is 5.21. The largest absolute Gasteiger partial charge is 0.347 e. The van der Waals surface area contributed by atoms with Crippen LogP contribution in [0, 0.1) is 6.92 Å². The molecule has 1 aliphatic heterocycles. The number of carbonyl (C=O) groups is 2. The second-order valence-corrected chi connectivity index (χ2v) is 7.70. The Balaban J connectivity index is 1.51. The number of rotatable bonds is 5. The molecule has 1 fully saturated rings. The first-order valence-electron chi connectivity index (χ1n) is 9.15. The Morgan fingerprint density at radius 1 is 1.29 bits per heavy atom. The summed E-state index contributed by atoms with van der Waals surface area (Å²) in [7, 11) is 0. The lowest BCUT2D eigenvalue weighted by atomic mass is 10.1. The van der Waals surface area contributed by atoms with Crippen molar-refractivity contribution in [2.75, 3.05) is 6.54 Å². The van der Waals surface area contributed by atoms with E-state index >= 15 is 0 Å². The van der Waals surface area contributed by atoms with Gasteiger partial charge in [-0.05, 0) is 47.9 Å². The van der Waals surface area contributed by atoms with Gasteiger partial charge in [0, 0.05) is 18.2 Å². The minimum absolute atomic E-state index is 0.0160. The Bertz CT molecular complexity index is 954. The van der Waals surface area contributed by atoms with Crippen LogP contribution in [0.1, 0.15) is 40.0 Å². The highest BCUT2D eigenvalue weighted by Crippen LogP contribution is 2.31. The summed E-state index contributed by atoms with van der Waals surface area (Å²) in [5.74, 6) is 1.18. The van der Waals surface area contributed by atoms with E-state index in [4.69, 9.17) is 0 Å². The molecule has 28 heavy (non-hydrogen) atoms. The molecule has 144 valence electrons. The molecular weight excluding hydrogens is 374 g/mol. The van der Waals surface area contributed by atoms with Crippen LogP contribution in [0.5, 0.6) is 0 Å². The number of benzene rings is 1. The van der Waals surface area contributed by atoms with Gasteiger partial charge in [0.25, 0.3) is 5.91 Å². The molecule has 2 amide bonds. The van der Waals surface area contributed by atoms with E-state index in [1.807, 2.05) is 41.9 Å². The molecule has 7 nitrogen and oxygen atoms in total. The number of hydrogen-bond acceptors (Lipinski definition) is 5. The van der Waals surface area contributed by atoms with Crippen molar-refractivity contribution in [3.63, 3.8) is 0 Å². The van der Waals surface area contributed by atoms with E-state index in [0.29, 0.717) is 36.6 Å².